The summed E-state index contributed by atoms with van der Waals surface area (Å²) >= 11 is 0. The van der Waals surface area contributed by atoms with Gasteiger partial charge in [0.1, 0.15) is 5.41 Å². The molecule has 13 heavy (non-hydrogen) atoms. The highest BCUT2D eigenvalue weighted by Crippen LogP contribution is 2.43. The van der Waals surface area contributed by atoms with Gasteiger partial charge in [-0.3, -0.25) is 0 Å². The number of nitriles is 1. The molecule has 0 saturated heterocycles. The molecule has 0 amide bonds. The van der Waals surface area contributed by atoms with Crippen LogP contribution in [0.3, 0.4) is 0 Å². The molecule has 0 bridgehead atoms. The zero-order valence-corrected chi connectivity index (χ0v) is 7.41. The Bertz CT molecular complexity index is 347. The molecule has 1 aliphatic carbocycles. The fourth-order valence-corrected chi connectivity index (χ4v) is 1.52. The lowest BCUT2D eigenvalue weighted by Crippen LogP contribution is -2.31. The highest BCUT2D eigenvalue weighted by atomic mass is 16.5. The van der Waals surface area contributed by atoms with Gasteiger partial charge in [0, 0.05) is 6.07 Å². The summed E-state index contributed by atoms with van der Waals surface area (Å²) in [5, 5.41) is 12.7. The molecule has 2 rings (SSSR count). The van der Waals surface area contributed by atoms with Crippen LogP contribution >= 0.6 is 0 Å². The summed E-state index contributed by atoms with van der Waals surface area (Å²) in [5.41, 5.74) is -0.427. The molecule has 68 valence electrons. The zero-order valence-electron chi connectivity index (χ0n) is 7.41. The van der Waals surface area contributed by atoms with E-state index >= 15 is 0 Å². The van der Waals surface area contributed by atoms with Crippen molar-refractivity contribution in [3.63, 3.8) is 0 Å². The third kappa shape index (κ3) is 1.08. The quantitative estimate of drug-likeness (QED) is 0.690. The van der Waals surface area contributed by atoms with Crippen LogP contribution in [0.2, 0.25) is 0 Å². The van der Waals surface area contributed by atoms with E-state index in [0.717, 1.165) is 19.3 Å². The Morgan fingerprint density at radius 1 is 1.69 bits per heavy atom. The summed E-state index contributed by atoms with van der Waals surface area (Å²) in [4.78, 5) is 0. The molecule has 1 aromatic rings. The Morgan fingerprint density at radius 2 is 2.46 bits per heavy atom. The van der Waals surface area contributed by atoms with Crippen molar-refractivity contribution in [2.45, 2.75) is 24.7 Å². The van der Waals surface area contributed by atoms with E-state index in [0.29, 0.717) is 11.6 Å². The number of rotatable bonds is 2. The molecule has 1 heterocycles. The van der Waals surface area contributed by atoms with Crippen molar-refractivity contribution in [2.75, 3.05) is 7.11 Å². The highest BCUT2D eigenvalue weighted by molar-refractivity contribution is 5.30. The van der Waals surface area contributed by atoms with Crippen molar-refractivity contribution < 1.29 is 9.26 Å². The Kier molecular flexibility index (Phi) is 1.73. The molecule has 1 saturated carbocycles. The molecule has 1 fully saturated rings. The fourth-order valence-electron chi connectivity index (χ4n) is 1.52. The second-order valence-electron chi connectivity index (χ2n) is 3.28. The summed E-state index contributed by atoms with van der Waals surface area (Å²) in [7, 11) is 1.53. The van der Waals surface area contributed by atoms with Crippen LogP contribution in [-0.2, 0) is 5.41 Å². The lowest BCUT2D eigenvalue weighted by Gasteiger charge is -2.31. The smallest absolute Gasteiger partial charge is 0.254 e. The third-order valence-electron chi connectivity index (χ3n) is 2.59. The summed E-state index contributed by atoms with van der Waals surface area (Å²) in [6, 6.07) is 3.98. The maximum atomic E-state index is 8.99. The van der Waals surface area contributed by atoms with E-state index in [-0.39, 0.29) is 0 Å². The van der Waals surface area contributed by atoms with Gasteiger partial charge in [-0.05, 0) is 24.4 Å². The van der Waals surface area contributed by atoms with E-state index in [4.69, 9.17) is 14.5 Å². The zero-order chi connectivity index (χ0) is 9.31. The van der Waals surface area contributed by atoms with E-state index in [9.17, 15) is 0 Å². The molecule has 0 radical (unpaired) electrons. The van der Waals surface area contributed by atoms with Crippen LogP contribution in [0.5, 0.6) is 5.88 Å². The van der Waals surface area contributed by atoms with Crippen LogP contribution in [0.4, 0.5) is 0 Å². The second kappa shape index (κ2) is 2.77. The van der Waals surface area contributed by atoms with Crippen molar-refractivity contribution in [3.05, 3.63) is 11.8 Å². The largest absolute Gasteiger partial charge is 0.479 e. The van der Waals surface area contributed by atoms with E-state index < -0.39 is 5.41 Å². The normalized spacial score (nSPS) is 18.8. The molecule has 0 atom stereocenters. The maximum Gasteiger partial charge on any atom is 0.254 e. The molecule has 4 nitrogen and oxygen atoms in total. The van der Waals surface area contributed by atoms with Crippen LogP contribution in [0.1, 0.15) is 25.0 Å². The molecule has 0 spiro atoms. The third-order valence-corrected chi connectivity index (χ3v) is 2.59. The first-order valence-electron chi connectivity index (χ1n) is 4.23. The molecule has 0 unspecified atom stereocenters. The average molecular weight is 178 g/mol. The first kappa shape index (κ1) is 8.11. The molecule has 0 N–H and O–H groups in total. The van der Waals surface area contributed by atoms with Crippen molar-refractivity contribution in [1.29, 1.82) is 5.26 Å². The summed E-state index contributed by atoms with van der Waals surface area (Å²) in [6.07, 6.45) is 2.81. The van der Waals surface area contributed by atoms with Crippen LogP contribution < -0.4 is 4.74 Å². The minimum atomic E-state index is -0.427. The van der Waals surface area contributed by atoms with Gasteiger partial charge in [0.2, 0.25) is 0 Å². The van der Waals surface area contributed by atoms with Crippen LogP contribution in [0, 0.1) is 11.3 Å². The minimum absolute atomic E-state index is 0.427. The van der Waals surface area contributed by atoms with Gasteiger partial charge in [-0.2, -0.15) is 5.26 Å². The van der Waals surface area contributed by atoms with Crippen LogP contribution in [0.15, 0.2) is 10.6 Å². The molecule has 1 aromatic heterocycles. The fraction of sp³-hybridized carbons (Fsp3) is 0.556. The Balaban J connectivity index is 2.29. The molecule has 4 heteroatoms. The second-order valence-corrected chi connectivity index (χ2v) is 3.28. The van der Waals surface area contributed by atoms with Gasteiger partial charge in [-0.15, -0.1) is 0 Å². The summed E-state index contributed by atoms with van der Waals surface area (Å²) in [5.74, 6) is 1.08. The van der Waals surface area contributed by atoms with E-state index in [2.05, 4.69) is 11.2 Å². The number of methoxy groups -OCH3 is 1. The Morgan fingerprint density at radius 3 is 2.85 bits per heavy atom. The van der Waals surface area contributed by atoms with Gasteiger partial charge in [0.05, 0.1) is 13.2 Å². The summed E-state index contributed by atoms with van der Waals surface area (Å²) in [6.45, 7) is 0. The number of hydrogen-bond acceptors (Lipinski definition) is 4. The first-order valence-corrected chi connectivity index (χ1v) is 4.23. The highest BCUT2D eigenvalue weighted by Gasteiger charge is 2.42. The average Bonchev–Trinajstić information content (AvgIpc) is 2.52. The van der Waals surface area contributed by atoms with Crippen molar-refractivity contribution >= 4 is 0 Å². The van der Waals surface area contributed by atoms with Gasteiger partial charge in [0.25, 0.3) is 5.88 Å². The molecular weight excluding hydrogens is 168 g/mol. The predicted molar refractivity (Wildman–Crippen MR) is 44.2 cm³/mol. The van der Waals surface area contributed by atoms with Crippen molar-refractivity contribution in [2.24, 2.45) is 0 Å². The lowest BCUT2D eigenvalue weighted by molar-refractivity contribution is 0.235. The lowest BCUT2D eigenvalue weighted by atomic mass is 9.68. The number of aromatic nitrogens is 1. The van der Waals surface area contributed by atoms with E-state index in [1.165, 1.54) is 7.11 Å². The number of ether oxygens (including phenoxy) is 1. The SMILES string of the molecule is COc1cc(C2(C#N)CCC2)on1. The van der Waals surface area contributed by atoms with Gasteiger partial charge in [-0.25, -0.2) is 0 Å². The maximum absolute atomic E-state index is 8.99. The van der Waals surface area contributed by atoms with Crippen LogP contribution in [-0.4, -0.2) is 12.3 Å². The monoisotopic (exact) mass is 178 g/mol. The van der Waals surface area contributed by atoms with Crippen molar-refractivity contribution in [3.8, 4) is 11.9 Å². The standard InChI is InChI=1S/C9H10N2O2/c1-12-8-5-7(13-11-8)9(6-10)3-2-4-9/h5H,2-4H2,1H3. The molecule has 0 aliphatic heterocycles. The molecule has 0 aromatic carbocycles. The Hall–Kier alpha value is -1.50. The van der Waals surface area contributed by atoms with Gasteiger partial charge < -0.3 is 9.26 Å². The number of hydrogen-bond donors (Lipinski definition) is 0. The molecule has 1 aliphatic rings. The minimum Gasteiger partial charge on any atom is -0.479 e. The van der Waals surface area contributed by atoms with Gasteiger partial charge in [-0.1, -0.05) is 0 Å². The van der Waals surface area contributed by atoms with Gasteiger partial charge in [0.15, 0.2) is 5.76 Å². The van der Waals surface area contributed by atoms with E-state index in [1.54, 1.807) is 6.07 Å². The van der Waals surface area contributed by atoms with E-state index in [1.807, 2.05) is 0 Å². The predicted octanol–water partition coefficient (Wildman–Crippen LogP) is 1.63. The first-order chi connectivity index (χ1) is 6.30. The molecular formula is C9H10N2O2. The van der Waals surface area contributed by atoms with Gasteiger partial charge >= 0.3 is 0 Å². The van der Waals surface area contributed by atoms with Crippen molar-refractivity contribution in [1.82, 2.24) is 5.16 Å². The number of nitrogens with zero attached hydrogens (tertiary/aromatic N) is 2. The summed E-state index contributed by atoms with van der Waals surface area (Å²) < 4.78 is 9.95. The van der Waals surface area contributed by atoms with Crippen LogP contribution in [0.25, 0.3) is 0 Å². The topological polar surface area (TPSA) is 59.0 Å². The Labute approximate surface area is 76.1 Å².